The molecule has 2 aromatic carbocycles. The molecule has 0 saturated carbocycles. The molecule has 2 aromatic rings. The van der Waals surface area contributed by atoms with Crippen molar-refractivity contribution in [3.05, 3.63) is 63.6 Å². The van der Waals surface area contributed by atoms with Crippen molar-refractivity contribution in [3.8, 4) is 5.75 Å². The van der Waals surface area contributed by atoms with E-state index in [0.29, 0.717) is 0 Å². The number of carbonyl (C=O) groups excluding carboxylic acids is 2. The van der Waals surface area contributed by atoms with Gasteiger partial charge in [-0.05, 0) is 24.3 Å². The number of hydrogen-bond donors (Lipinski definition) is 0. The van der Waals surface area contributed by atoms with Gasteiger partial charge in [0.05, 0.1) is 21.2 Å². The van der Waals surface area contributed by atoms with Crippen molar-refractivity contribution in [3.63, 3.8) is 0 Å². The van der Waals surface area contributed by atoms with E-state index < -0.39 is 11.8 Å². The lowest BCUT2D eigenvalue weighted by molar-refractivity contribution is -0.131. The van der Waals surface area contributed by atoms with Gasteiger partial charge in [0.2, 0.25) is 0 Å². The molecule has 0 amide bonds. The third kappa shape index (κ3) is 3.00. The second-order valence-corrected chi connectivity index (χ2v) is 4.83. The summed E-state index contributed by atoms with van der Waals surface area (Å²) in [5.74, 6) is -0.714. The fourth-order valence-corrected chi connectivity index (χ4v) is 2.32. The van der Waals surface area contributed by atoms with Crippen LogP contribution in [-0.4, -0.2) is 11.8 Å². The number of ether oxygens (including phenoxy) is 1. The number of rotatable bonds is 3. The lowest BCUT2D eigenvalue weighted by atomic mass is 10.0. The van der Waals surface area contributed by atoms with Gasteiger partial charge in [-0.1, -0.05) is 41.4 Å². The SMILES string of the molecule is CC(=O)Oc1ccccc1C(=O)c1c(Cl)cccc1Cl. The van der Waals surface area contributed by atoms with Crippen molar-refractivity contribution < 1.29 is 14.3 Å². The summed E-state index contributed by atoms with van der Waals surface area (Å²) in [6, 6.07) is 11.2. The summed E-state index contributed by atoms with van der Waals surface area (Å²) in [6.07, 6.45) is 0. The second kappa shape index (κ2) is 6.07. The minimum Gasteiger partial charge on any atom is -0.426 e. The van der Waals surface area contributed by atoms with E-state index in [1.807, 2.05) is 0 Å². The Balaban J connectivity index is 2.51. The van der Waals surface area contributed by atoms with Crippen LogP contribution in [0.1, 0.15) is 22.8 Å². The average Bonchev–Trinajstić information content (AvgIpc) is 2.38. The van der Waals surface area contributed by atoms with Gasteiger partial charge < -0.3 is 4.74 Å². The molecular weight excluding hydrogens is 299 g/mol. The number of carbonyl (C=O) groups is 2. The molecule has 0 spiro atoms. The van der Waals surface area contributed by atoms with Gasteiger partial charge in [0.1, 0.15) is 5.75 Å². The normalized spacial score (nSPS) is 10.2. The monoisotopic (exact) mass is 308 g/mol. The van der Waals surface area contributed by atoms with E-state index in [-0.39, 0.29) is 26.9 Å². The van der Waals surface area contributed by atoms with E-state index in [1.54, 1.807) is 42.5 Å². The summed E-state index contributed by atoms with van der Waals surface area (Å²) < 4.78 is 5.02. The van der Waals surface area contributed by atoms with Crippen LogP contribution in [0.5, 0.6) is 5.75 Å². The van der Waals surface area contributed by atoms with Crippen molar-refractivity contribution in [1.29, 1.82) is 0 Å². The molecular formula is C15H10Cl2O3. The predicted molar refractivity (Wildman–Crippen MR) is 77.6 cm³/mol. The Bertz CT molecular complexity index is 660. The Kier molecular flexibility index (Phi) is 4.42. The molecule has 0 atom stereocenters. The molecule has 0 unspecified atom stereocenters. The average molecular weight is 309 g/mol. The maximum Gasteiger partial charge on any atom is 0.308 e. The molecule has 0 aliphatic rings. The number of ketones is 1. The van der Waals surface area contributed by atoms with Crippen LogP contribution in [-0.2, 0) is 4.79 Å². The van der Waals surface area contributed by atoms with Crippen molar-refractivity contribution in [1.82, 2.24) is 0 Å². The first-order valence-corrected chi connectivity index (χ1v) is 6.52. The number of esters is 1. The molecule has 0 bridgehead atoms. The topological polar surface area (TPSA) is 43.4 Å². The maximum atomic E-state index is 12.5. The van der Waals surface area contributed by atoms with Gasteiger partial charge in [0.25, 0.3) is 0 Å². The Morgan fingerprint density at radius 2 is 1.55 bits per heavy atom. The Morgan fingerprint density at radius 3 is 2.15 bits per heavy atom. The summed E-state index contributed by atoms with van der Waals surface area (Å²) in [7, 11) is 0. The quantitative estimate of drug-likeness (QED) is 0.486. The van der Waals surface area contributed by atoms with Crippen molar-refractivity contribution >= 4 is 35.0 Å². The molecule has 0 heterocycles. The highest BCUT2D eigenvalue weighted by molar-refractivity contribution is 6.41. The van der Waals surface area contributed by atoms with Gasteiger partial charge in [-0.2, -0.15) is 0 Å². The molecule has 20 heavy (non-hydrogen) atoms. The number of halogens is 2. The standard InChI is InChI=1S/C15H10Cl2O3/c1-9(18)20-13-8-3-2-5-10(13)15(19)14-11(16)6-4-7-12(14)17/h2-8H,1H3. The molecule has 5 heteroatoms. The van der Waals surface area contributed by atoms with E-state index in [4.69, 9.17) is 27.9 Å². The van der Waals surface area contributed by atoms with E-state index in [9.17, 15) is 9.59 Å². The summed E-state index contributed by atoms with van der Waals surface area (Å²) >= 11 is 12.0. The highest BCUT2D eigenvalue weighted by Gasteiger charge is 2.20. The van der Waals surface area contributed by atoms with Gasteiger partial charge >= 0.3 is 5.97 Å². The van der Waals surface area contributed by atoms with Crippen LogP contribution < -0.4 is 4.74 Å². The maximum absolute atomic E-state index is 12.5. The summed E-state index contributed by atoms with van der Waals surface area (Å²) in [5.41, 5.74) is 0.424. The molecule has 0 aliphatic carbocycles. The summed E-state index contributed by atoms with van der Waals surface area (Å²) in [5, 5.41) is 0.500. The second-order valence-electron chi connectivity index (χ2n) is 4.02. The summed E-state index contributed by atoms with van der Waals surface area (Å²) in [6.45, 7) is 1.27. The van der Waals surface area contributed by atoms with Crippen molar-refractivity contribution in [2.24, 2.45) is 0 Å². The predicted octanol–water partition coefficient (Wildman–Crippen LogP) is 4.15. The smallest absolute Gasteiger partial charge is 0.308 e. The Hall–Kier alpha value is -1.84. The van der Waals surface area contributed by atoms with Gasteiger partial charge in [0.15, 0.2) is 5.78 Å². The van der Waals surface area contributed by atoms with Crippen molar-refractivity contribution in [2.45, 2.75) is 6.92 Å². The van der Waals surface area contributed by atoms with Gasteiger partial charge in [-0.15, -0.1) is 0 Å². The molecule has 0 N–H and O–H groups in total. The minimum absolute atomic E-state index is 0.181. The van der Waals surface area contributed by atoms with E-state index in [0.717, 1.165) is 0 Å². The fourth-order valence-electron chi connectivity index (χ4n) is 1.75. The highest BCUT2D eigenvalue weighted by atomic mass is 35.5. The minimum atomic E-state index is -0.504. The van der Waals surface area contributed by atoms with Crippen LogP contribution in [0.4, 0.5) is 0 Å². The van der Waals surface area contributed by atoms with Crippen LogP contribution in [0.25, 0.3) is 0 Å². The first-order chi connectivity index (χ1) is 9.50. The Morgan fingerprint density at radius 1 is 0.950 bits per heavy atom. The van der Waals surface area contributed by atoms with Crippen LogP contribution in [0.2, 0.25) is 10.0 Å². The summed E-state index contributed by atoms with van der Waals surface area (Å²) in [4.78, 5) is 23.6. The molecule has 0 fully saturated rings. The van der Waals surface area contributed by atoms with Crippen LogP contribution in [0.3, 0.4) is 0 Å². The molecule has 2 rings (SSSR count). The highest BCUT2D eigenvalue weighted by Crippen LogP contribution is 2.30. The first kappa shape index (κ1) is 14.6. The molecule has 0 aliphatic heterocycles. The Labute approximate surface area is 126 Å². The van der Waals surface area contributed by atoms with E-state index >= 15 is 0 Å². The van der Waals surface area contributed by atoms with Crippen LogP contribution in [0, 0.1) is 0 Å². The van der Waals surface area contributed by atoms with Crippen LogP contribution in [0.15, 0.2) is 42.5 Å². The zero-order valence-corrected chi connectivity index (χ0v) is 12.0. The largest absolute Gasteiger partial charge is 0.426 e. The third-order valence-electron chi connectivity index (χ3n) is 2.58. The van der Waals surface area contributed by atoms with Crippen molar-refractivity contribution in [2.75, 3.05) is 0 Å². The number of hydrogen-bond acceptors (Lipinski definition) is 3. The lowest BCUT2D eigenvalue weighted by Gasteiger charge is -2.10. The third-order valence-corrected chi connectivity index (χ3v) is 3.21. The van der Waals surface area contributed by atoms with E-state index in [1.165, 1.54) is 6.92 Å². The molecule has 0 aromatic heterocycles. The molecule has 0 saturated heterocycles. The molecule has 102 valence electrons. The number of benzene rings is 2. The van der Waals surface area contributed by atoms with E-state index in [2.05, 4.69) is 0 Å². The molecule has 3 nitrogen and oxygen atoms in total. The zero-order valence-electron chi connectivity index (χ0n) is 10.5. The van der Waals surface area contributed by atoms with Gasteiger partial charge in [-0.3, -0.25) is 9.59 Å². The first-order valence-electron chi connectivity index (χ1n) is 5.77. The molecule has 0 radical (unpaired) electrons. The fraction of sp³-hybridized carbons (Fsp3) is 0.0667. The lowest BCUT2D eigenvalue weighted by Crippen LogP contribution is -2.09. The van der Waals surface area contributed by atoms with Gasteiger partial charge in [0, 0.05) is 6.92 Å². The number of para-hydroxylation sites is 1. The zero-order chi connectivity index (χ0) is 14.7. The van der Waals surface area contributed by atoms with Crippen LogP contribution >= 0.6 is 23.2 Å². The van der Waals surface area contributed by atoms with Gasteiger partial charge in [-0.25, -0.2) is 0 Å².